The molecule has 1 unspecified atom stereocenters. The summed E-state index contributed by atoms with van der Waals surface area (Å²) in [5, 5.41) is 17.8. The van der Waals surface area contributed by atoms with Gasteiger partial charge in [0.25, 0.3) is 11.6 Å². The third kappa shape index (κ3) is 2.75. The molecule has 0 bridgehead atoms. The van der Waals surface area contributed by atoms with Crippen LogP contribution in [0.5, 0.6) is 0 Å². The predicted octanol–water partition coefficient (Wildman–Crippen LogP) is 1.38. The number of likely N-dealkylation sites (N-methyl/N-ethyl adjacent to an activating group) is 1. The second kappa shape index (κ2) is 5.66. The van der Waals surface area contributed by atoms with Gasteiger partial charge in [-0.3, -0.25) is 10.1 Å². The van der Waals surface area contributed by atoms with Gasteiger partial charge in [0.15, 0.2) is 5.82 Å². The van der Waals surface area contributed by atoms with Crippen LogP contribution in [0.4, 0.5) is 11.4 Å². The van der Waals surface area contributed by atoms with Crippen LogP contribution in [0.1, 0.15) is 12.7 Å². The molecule has 8 nitrogen and oxygen atoms in total. The molecule has 8 heteroatoms. The van der Waals surface area contributed by atoms with Crippen LogP contribution >= 0.6 is 0 Å². The highest BCUT2D eigenvalue weighted by Gasteiger charge is 2.19. The summed E-state index contributed by atoms with van der Waals surface area (Å²) in [6.45, 7) is 1.98. The van der Waals surface area contributed by atoms with E-state index >= 15 is 0 Å². The van der Waals surface area contributed by atoms with Gasteiger partial charge in [-0.15, -0.1) is 0 Å². The standard InChI is InChI=1S/C12H15N5O3/c1-7(14-2)6-10-15-12(20-16-10)8-4-3-5-9(11(8)13)17(18)19/h3-5,7,14H,6,13H2,1-2H3. The Bertz CT molecular complexity index is 625. The molecule has 1 aromatic carbocycles. The van der Waals surface area contributed by atoms with Crippen molar-refractivity contribution < 1.29 is 9.45 Å². The molecular weight excluding hydrogens is 262 g/mol. The Morgan fingerprint density at radius 1 is 1.55 bits per heavy atom. The van der Waals surface area contributed by atoms with Crippen LogP contribution in [0.2, 0.25) is 0 Å². The average Bonchev–Trinajstić information content (AvgIpc) is 2.86. The maximum absolute atomic E-state index is 10.8. The molecule has 106 valence electrons. The van der Waals surface area contributed by atoms with Crippen molar-refractivity contribution in [2.45, 2.75) is 19.4 Å². The van der Waals surface area contributed by atoms with Crippen LogP contribution in [0.25, 0.3) is 11.5 Å². The smallest absolute Gasteiger partial charge is 0.292 e. The average molecular weight is 277 g/mol. The summed E-state index contributed by atoms with van der Waals surface area (Å²) in [6, 6.07) is 4.67. The molecular formula is C12H15N5O3. The number of benzene rings is 1. The topological polar surface area (TPSA) is 120 Å². The molecule has 0 spiro atoms. The molecule has 0 amide bonds. The number of hydrogen-bond acceptors (Lipinski definition) is 7. The highest BCUT2D eigenvalue weighted by molar-refractivity contribution is 5.78. The lowest BCUT2D eigenvalue weighted by Crippen LogP contribution is -2.24. The van der Waals surface area contributed by atoms with Crippen molar-refractivity contribution in [2.75, 3.05) is 12.8 Å². The zero-order valence-electron chi connectivity index (χ0n) is 11.2. The summed E-state index contributed by atoms with van der Waals surface area (Å²) < 4.78 is 5.12. The van der Waals surface area contributed by atoms with E-state index < -0.39 is 4.92 Å². The molecule has 0 aliphatic rings. The van der Waals surface area contributed by atoms with Gasteiger partial charge in [-0.1, -0.05) is 11.2 Å². The quantitative estimate of drug-likeness (QED) is 0.481. The Kier molecular flexibility index (Phi) is 3.94. The molecule has 0 aliphatic carbocycles. The molecule has 1 aromatic heterocycles. The van der Waals surface area contributed by atoms with Gasteiger partial charge in [-0.25, -0.2) is 0 Å². The number of nitro benzene ring substituents is 1. The Morgan fingerprint density at radius 3 is 2.95 bits per heavy atom. The number of rotatable bonds is 5. The van der Waals surface area contributed by atoms with E-state index in [0.717, 1.165) is 0 Å². The van der Waals surface area contributed by atoms with Gasteiger partial charge in [0.2, 0.25) is 0 Å². The number of aromatic nitrogens is 2. The molecule has 2 aromatic rings. The van der Waals surface area contributed by atoms with Crippen molar-refractivity contribution in [1.82, 2.24) is 15.5 Å². The number of hydrogen-bond donors (Lipinski definition) is 2. The lowest BCUT2D eigenvalue weighted by molar-refractivity contribution is -0.383. The molecule has 0 radical (unpaired) electrons. The van der Waals surface area contributed by atoms with Crippen molar-refractivity contribution in [2.24, 2.45) is 0 Å². The lowest BCUT2D eigenvalue weighted by Gasteiger charge is -2.04. The number of anilines is 1. The first-order valence-electron chi connectivity index (χ1n) is 6.06. The second-order valence-electron chi connectivity index (χ2n) is 4.41. The summed E-state index contributed by atoms with van der Waals surface area (Å²) in [6.07, 6.45) is 0.592. The van der Waals surface area contributed by atoms with Crippen LogP contribution in [-0.2, 0) is 6.42 Å². The largest absolute Gasteiger partial charge is 0.393 e. The van der Waals surface area contributed by atoms with Gasteiger partial charge in [-0.2, -0.15) is 4.98 Å². The van der Waals surface area contributed by atoms with E-state index in [-0.39, 0.29) is 23.3 Å². The van der Waals surface area contributed by atoms with E-state index in [1.807, 2.05) is 14.0 Å². The first-order chi connectivity index (χ1) is 9.52. The van der Waals surface area contributed by atoms with Crippen molar-refractivity contribution >= 4 is 11.4 Å². The van der Waals surface area contributed by atoms with Gasteiger partial charge in [0.05, 0.1) is 10.5 Å². The minimum Gasteiger partial charge on any atom is -0.393 e. The second-order valence-corrected chi connectivity index (χ2v) is 4.41. The molecule has 0 saturated carbocycles. The van der Waals surface area contributed by atoms with E-state index in [9.17, 15) is 10.1 Å². The van der Waals surface area contributed by atoms with E-state index in [0.29, 0.717) is 17.8 Å². The van der Waals surface area contributed by atoms with Gasteiger partial charge in [-0.05, 0) is 20.0 Å². The summed E-state index contributed by atoms with van der Waals surface area (Å²) in [5.74, 6) is 0.706. The Hall–Kier alpha value is -2.48. The molecule has 0 saturated heterocycles. The van der Waals surface area contributed by atoms with Crippen molar-refractivity contribution in [1.29, 1.82) is 0 Å². The fraction of sp³-hybridized carbons (Fsp3) is 0.333. The number of para-hydroxylation sites is 1. The molecule has 20 heavy (non-hydrogen) atoms. The summed E-state index contributed by atoms with van der Waals surface area (Å²) >= 11 is 0. The third-order valence-corrected chi connectivity index (χ3v) is 2.96. The van der Waals surface area contributed by atoms with Crippen LogP contribution in [-0.4, -0.2) is 28.2 Å². The van der Waals surface area contributed by atoms with Crippen molar-refractivity contribution in [3.63, 3.8) is 0 Å². The summed E-state index contributed by atoms with van der Waals surface area (Å²) in [7, 11) is 1.84. The Balaban J connectivity index is 2.33. The molecule has 3 N–H and O–H groups in total. The fourth-order valence-electron chi connectivity index (χ4n) is 1.72. The minimum atomic E-state index is -0.542. The number of nitro groups is 1. The van der Waals surface area contributed by atoms with Gasteiger partial charge in [0, 0.05) is 18.5 Å². The predicted molar refractivity (Wildman–Crippen MR) is 73.0 cm³/mol. The Labute approximate surface area is 115 Å². The monoisotopic (exact) mass is 277 g/mol. The fourth-order valence-corrected chi connectivity index (χ4v) is 1.72. The van der Waals surface area contributed by atoms with Crippen LogP contribution in [0, 0.1) is 10.1 Å². The van der Waals surface area contributed by atoms with E-state index in [1.165, 1.54) is 12.1 Å². The summed E-state index contributed by atoms with van der Waals surface area (Å²) in [5.41, 5.74) is 5.99. The zero-order chi connectivity index (χ0) is 14.7. The van der Waals surface area contributed by atoms with Crippen molar-refractivity contribution in [3.05, 3.63) is 34.1 Å². The first kappa shape index (κ1) is 13.9. The van der Waals surface area contributed by atoms with Gasteiger partial charge in [0.1, 0.15) is 5.69 Å². The van der Waals surface area contributed by atoms with Gasteiger partial charge < -0.3 is 15.6 Å². The lowest BCUT2D eigenvalue weighted by atomic mass is 10.1. The normalized spacial score (nSPS) is 12.3. The zero-order valence-corrected chi connectivity index (χ0v) is 11.2. The summed E-state index contributed by atoms with van der Waals surface area (Å²) in [4.78, 5) is 14.5. The molecule has 1 heterocycles. The van der Waals surface area contributed by atoms with E-state index in [4.69, 9.17) is 10.3 Å². The van der Waals surface area contributed by atoms with Crippen molar-refractivity contribution in [3.8, 4) is 11.5 Å². The van der Waals surface area contributed by atoms with E-state index in [2.05, 4.69) is 15.5 Å². The van der Waals surface area contributed by atoms with Crippen LogP contribution in [0.3, 0.4) is 0 Å². The third-order valence-electron chi connectivity index (χ3n) is 2.96. The van der Waals surface area contributed by atoms with Crippen LogP contribution < -0.4 is 11.1 Å². The number of nitrogens with two attached hydrogens (primary N) is 1. The maximum Gasteiger partial charge on any atom is 0.292 e. The minimum absolute atomic E-state index is 0.0226. The molecule has 2 rings (SSSR count). The highest BCUT2D eigenvalue weighted by atomic mass is 16.6. The van der Waals surface area contributed by atoms with Gasteiger partial charge >= 0.3 is 0 Å². The molecule has 0 fully saturated rings. The number of nitrogens with zero attached hydrogens (tertiary/aromatic N) is 3. The molecule has 1 atom stereocenters. The first-order valence-corrected chi connectivity index (χ1v) is 6.06. The Morgan fingerprint density at radius 2 is 2.30 bits per heavy atom. The highest BCUT2D eigenvalue weighted by Crippen LogP contribution is 2.31. The van der Waals surface area contributed by atoms with E-state index in [1.54, 1.807) is 6.07 Å². The SMILES string of the molecule is CNC(C)Cc1noc(-c2cccc([N+](=O)[O-])c2N)n1. The van der Waals surface area contributed by atoms with Crippen LogP contribution in [0.15, 0.2) is 22.7 Å². The maximum atomic E-state index is 10.8. The number of nitrogen functional groups attached to an aromatic ring is 1. The number of nitrogens with one attached hydrogen (secondary N) is 1. The molecule has 0 aliphatic heterocycles.